The Balaban J connectivity index is 1.78. The third kappa shape index (κ3) is 4.48. The van der Waals surface area contributed by atoms with E-state index in [4.69, 9.17) is 4.74 Å². The molecule has 2 aromatic rings. The van der Waals surface area contributed by atoms with E-state index in [1.165, 1.54) is 4.68 Å². The molecule has 10 heteroatoms. The third-order valence-corrected chi connectivity index (χ3v) is 5.40. The van der Waals surface area contributed by atoms with Crippen molar-refractivity contribution in [3.05, 3.63) is 41.2 Å². The molecule has 1 aliphatic rings. The van der Waals surface area contributed by atoms with Gasteiger partial charge in [-0.25, -0.2) is 13.5 Å². The van der Waals surface area contributed by atoms with Crippen LogP contribution in [0.2, 0.25) is 0 Å². The quantitative estimate of drug-likeness (QED) is 0.486. The first-order chi connectivity index (χ1) is 14.3. The van der Waals surface area contributed by atoms with Crippen LogP contribution in [-0.4, -0.2) is 33.9 Å². The van der Waals surface area contributed by atoms with Crippen molar-refractivity contribution >= 4 is 5.78 Å². The van der Waals surface area contributed by atoms with Gasteiger partial charge in [-0.1, -0.05) is 25.0 Å². The van der Waals surface area contributed by atoms with Crippen molar-refractivity contribution in [1.82, 2.24) is 20.3 Å². The summed E-state index contributed by atoms with van der Waals surface area (Å²) >= 11 is 0. The largest absolute Gasteiger partial charge is 0.479 e. The lowest BCUT2D eigenvalue weighted by Gasteiger charge is -2.21. The molecule has 1 aromatic carbocycles. The summed E-state index contributed by atoms with van der Waals surface area (Å²) in [6, 6.07) is -0.696. The summed E-state index contributed by atoms with van der Waals surface area (Å²) in [5.41, 5.74) is 0.359. The van der Waals surface area contributed by atoms with Crippen LogP contribution in [-0.2, 0) is 10.3 Å². The number of nitrogens with one attached hydrogen (secondary N) is 1. The Morgan fingerprint density at radius 2 is 2.00 bits per heavy atom. The van der Waals surface area contributed by atoms with E-state index in [9.17, 15) is 22.4 Å². The Bertz CT molecular complexity index is 886. The molecule has 164 valence electrons. The van der Waals surface area contributed by atoms with Crippen LogP contribution in [0.1, 0.15) is 57.7 Å². The van der Waals surface area contributed by atoms with Gasteiger partial charge >= 0.3 is 0 Å². The summed E-state index contributed by atoms with van der Waals surface area (Å²) in [6.07, 6.45) is 5.47. The fraction of sp³-hybridized carbons (Fsp3) is 0.550. The lowest BCUT2D eigenvalue weighted by Crippen LogP contribution is -2.33. The second kappa shape index (κ2) is 9.11. The highest BCUT2D eigenvalue weighted by atomic mass is 19.2. The van der Waals surface area contributed by atoms with Crippen LogP contribution in [0.3, 0.4) is 0 Å². The predicted molar refractivity (Wildman–Crippen MR) is 99.9 cm³/mol. The zero-order chi connectivity index (χ0) is 21.9. The number of benzene rings is 1. The van der Waals surface area contributed by atoms with Crippen LogP contribution >= 0.6 is 0 Å². The van der Waals surface area contributed by atoms with Gasteiger partial charge in [0.05, 0.1) is 11.7 Å². The number of hydrogen-bond donors (Lipinski definition) is 1. The van der Waals surface area contributed by atoms with E-state index < -0.39 is 47.5 Å². The second-order valence-corrected chi connectivity index (χ2v) is 7.66. The molecule has 1 N–H and O–H groups in total. The lowest BCUT2D eigenvalue weighted by atomic mass is 9.97. The van der Waals surface area contributed by atoms with Crippen LogP contribution in [0, 0.1) is 23.3 Å². The third-order valence-electron chi connectivity index (χ3n) is 5.40. The summed E-state index contributed by atoms with van der Waals surface area (Å²) < 4.78 is 60.5. The van der Waals surface area contributed by atoms with Gasteiger partial charge in [0.2, 0.25) is 11.6 Å². The molecule has 2 heterocycles. The molecule has 1 aromatic heterocycles. The summed E-state index contributed by atoms with van der Waals surface area (Å²) in [4.78, 5) is 12.8. The van der Waals surface area contributed by atoms with Gasteiger partial charge in [0.25, 0.3) is 0 Å². The van der Waals surface area contributed by atoms with Gasteiger partial charge in [0.1, 0.15) is 18.3 Å². The number of ketones is 1. The topological polar surface area (TPSA) is 69.0 Å². The molecule has 0 radical (unpaired) electrons. The number of hydrogen-bond acceptors (Lipinski definition) is 5. The Kier molecular flexibility index (Phi) is 6.74. The van der Waals surface area contributed by atoms with E-state index in [1.54, 1.807) is 6.20 Å². The number of Topliss-reactive ketones (excluding diaryl/α,β-unsaturated/α-hetero) is 1. The summed E-state index contributed by atoms with van der Waals surface area (Å²) in [6.45, 7) is 4.05. The molecule has 3 rings (SSSR count). The minimum absolute atomic E-state index is 0.0813. The molecule has 6 nitrogen and oxygen atoms in total. The number of carbonyl (C=O) groups is 1. The molecular weight excluding hydrogens is 404 g/mol. The first-order valence-corrected chi connectivity index (χ1v) is 9.92. The molecule has 2 atom stereocenters. The zero-order valence-electron chi connectivity index (χ0n) is 16.9. The second-order valence-electron chi connectivity index (χ2n) is 7.66. The number of aromatic nitrogens is 3. The highest BCUT2D eigenvalue weighted by Gasteiger charge is 2.34. The Labute approximate surface area is 171 Å². The standard InChI is InChI=1S/C20H24F4N4O2/c1-3-4-6-14(28-10-16(26-27-28)20(2)7-5-8-25-20)15(29)11-30-19-17(23)12(21)9-13(22)18(19)24/h9-10,14,25H,3-8,11H2,1-2H3. The van der Waals surface area contributed by atoms with E-state index in [0.717, 1.165) is 25.8 Å². The average Bonchev–Trinajstić information content (AvgIpc) is 3.37. The van der Waals surface area contributed by atoms with E-state index in [-0.39, 0.29) is 11.6 Å². The van der Waals surface area contributed by atoms with Crippen molar-refractivity contribution in [3.8, 4) is 5.75 Å². The maximum atomic E-state index is 13.8. The van der Waals surface area contributed by atoms with E-state index in [0.29, 0.717) is 18.5 Å². The molecule has 0 aliphatic carbocycles. The molecule has 1 aliphatic heterocycles. The van der Waals surface area contributed by atoms with E-state index in [2.05, 4.69) is 15.6 Å². The molecule has 1 saturated heterocycles. The van der Waals surface area contributed by atoms with Crippen LogP contribution < -0.4 is 10.1 Å². The van der Waals surface area contributed by atoms with Crippen molar-refractivity contribution in [2.75, 3.05) is 13.2 Å². The van der Waals surface area contributed by atoms with Crippen molar-refractivity contribution in [1.29, 1.82) is 0 Å². The molecule has 1 fully saturated rings. The number of unbranched alkanes of at least 4 members (excludes halogenated alkanes) is 1. The molecule has 0 saturated carbocycles. The maximum Gasteiger partial charge on any atom is 0.203 e. The van der Waals surface area contributed by atoms with E-state index in [1.807, 2.05) is 13.8 Å². The van der Waals surface area contributed by atoms with Crippen molar-refractivity contribution < 1.29 is 27.1 Å². The minimum atomic E-state index is -1.69. The summed E-state index contributed by atoms with van der Waals surface area (Å²) in [5.74, 6) is -8.36. The highest BCUT2D eigenvalue weighted by molar-refractivity contribution is 5.84. The van der Waals surface area contributed by atoms with Gasteiger partial charge in [-0.3, -0.25) is 4.79 Å². The van der Waals surface area contributed by atoms with Crippen LogP contribution in [0.25, 0.3) is 0 Å². The van der Waals surface area contributed by atoms with Crippen molar-refractivity contribution in [2.24, 2.45) is 0 Å². The molecule has 0 bridgehead atoms. The smallest absolute Gasteiger partial charge is 0.203 e. The Morgan fingerprint density at radius 3 is 2.60 bits per heavy atom. The van der Waals surface area contributed by atoms with Gasteiger partial charge in [-0.05, 0) is 32.7 Å². The molecule has 0 spiro atoms. The van der Waals surface area contributed by atoms with Crippen LogP contribution in [0.4, 0.5) is 17.6 Å². The molecule has 0 amide bonds. The minimum Gasteiger partial charge on any atom is -0.479 e. The molecule has 2 unspecified atom stereocenters. The van der Waals surface area contributed by atoms with Crippen LogP contribution in [0.5, 0.6) is 5.75 Å². The summed E-state index contributed by atoms with van der Waals surface area (Å²) in [5, 5.41) is 11.6. The van der Waals surface area contributed by atoms with Gasteiger partial charge in [0.15, 0.2) is 23.2 Å². The molecule has 30 heavy (non-hydrogen) atoms. The van der Waals surface area contributed by atoms with Gasteiger partial charge in [-0.15, -0.1) is 5.10 Å². The van der Waals surface area contributed by atoms with E-state index >= 15 is 0 Å². The number of carbonyl (C=O) groups excluding carboxylic acids is 1. The monoisotopic (exact) mass is 428 g/mol. The molecular formula is C20H24F4N4O2. The van der Waals surface area contributed by atoms with Crippen molar-refractivity contribution in [2.45, 2.75) is 57.5 Å². The zero-order valence-corrected chi connectivity index (χ0v) is 16.9. The SMILES string of the molecule is CCCCC(C(=O)COc1c(F)c(F)cc(F)c1F)n1cc(C2(C)CCCN2)nn1. The number of ether oxygens (including phenoxy) is 1. The fourth-order valence-corrected chi connectivity index (χ4v) is 3.55. The normalized spacial score (nSPS) is 19.8. The van der Waals surface area contributed by atoms with Gasteiger partial charge in [-0.2, -0.15) is 8.78 Å². The first-order valence-electron chi connectivity index (χ1n) is 9.92. The Hall–Kier alpha value is -2.49. The van der Waals surface area contributed by atoms with Crippen LogP contribution in [0.15, 0.2) is 12.3 Å². The van der Waals surface area contributed by atoms with Gasteiger partial charge < -0.3 is 10.1 Å². The number of rotatable bonds is 9. The fourth-order valence-electron chi connectivity index (χ4n) is 3.55. The lowest BCUT2D eigenvalue weighted by molar-refractivity contribution is -0.124. The highest BCUT2D eigenvalue weighted by Crippen LogP contribution is 2.30. The predicted octanol–water partition coefficient (Wildman–Crippen LogP) is 3.81. The van der Waals surface area contributed by atoms with Crippen molar-refractivity contribution in [3.63, 3.8) is 0 Å². The average molecular weight is 428 g/mol. The first kappa shape index (κ1) is 22.2. The maximum absolute atomic E-state index is 13.8. The Morgan fingerprint density at radius 1 is 1.30 bits per heavy atom. The summed E-state index contributed by atoms with van der Waals surface area (Å²) in [7, 11) is 0. The number of halogens is 4. The van der Waals surface area contributed by atoms with Gasteiger partial charge in [0, 0.05) is 6.07 Å². The number of nitrogens with zero attached hydrogens (tertiary/aromatic N) is 3.